The molecule has 0 aliphatic carbocycles. The predicted molar refractivity (Wildman–Crippen MR) is 147 cm³/mol. The third-order valence-electron chi connectivity index (χ3n) is 7.20. The first kappa shape index (κ1) is 30.7. The van der Waals surface area contributed by atoms with Crippen LogP contribution in [0.25, 0.3) is 0 Å². The maximum Gasteiger partial charge on any atom is 0.311 e. The molecule has 2 aliphatic rings. The Bertz CT molecular complexity index is 1460. The van der Waals surface area contributed by atoms with Crippen LogP contribution in [0.1, 0.15) is 78.9 Å². The normalized spacial score (nSPS) is 20.0. The van der Waals surface area contributed by atoms with Gasteiger partial charge in [0.1, 0.15) is 23.8 Å². The van der Waals surface area contributed by atoms with Crippen LogP contribution >= 0.6 is 0 Å². The molecule has 42 heavy (non-hydrogen) atoms. The molecule has 0 spiro atoms. The summed E-state index contributed by atoms with van der Waals surface area (Å²) in [5.74, 6) is -4.09. The van der Waals surface area contributed by atoms with Gasteiger partial charge in [-0.2, -0.15) is 0 Å². The van der Waals surface area contributed by atoms with Gasteiger partial charge in [-0.15, -0.1) is 0 Å². The number of oxime groups is 1. The third-order valence-corrected chi connectivity index (χ3v) is 7.20. The largest absolute Gasteiger partial charge is 0.482 e. The van der Waals surface area contributed by atoms with E-state index >= 15 is 0 Å². The number of ether oxygens (including phenoxy) is 2. The zero-order valence-electron chi connectivity index (χ0n) is 23.9. The Balaban J connectivity index is 1.80. The van der Waals surface area contributed by atoms with E-state index in [9.17, 15) is 28.0 Å². The number of hydrogen-bond acceptors (Lipinski definition) is 8. The zero-order chi connectivity index (χ0) is 30.6. The van der Waals surface area contributed by atoms with E-state index in [4.69, 9.17) is 14.3 Å². The topological polar surface area (TPSA) is 129 Å². The lowest BCUT2D eigenvalue weighted by atomic mass is 10.0. The lowest BCUT2D eigenvalue weighted by Crippen LogP contribution is -2.49. The summed E-state index contributed by atoms with van der Waals surface area (Å²) in [5.41, 5.74) is -1.49. The van der Waals surface area contributed by atoms with Crippen LogP contribution in [-0.4, -0.2) is 59.5 Å². The summed E-state index contributed by atoms with van der Waals surface area (Å²) in [5, 5.41) is 6.49. The Kier molecular flexibility index (Phi) is 9.59. The summed E-state index contributed by atoms with van der Waals surface area (Å²) in [7, 11) is 1.46. The van der Waals surface area contributed by atoms with Gasteiger partial charge in [-0.1, -0.05) is 25.1 Å². The van der Waals surface area contributed by atoms with Gasteiger partial charge in [0.05, 0.1) is 13.2 Å². The van der Waals surface area contributed by atoms with E-state index in [1.807, 2.05) is 6.92 Å². The minimum absolute atomic E-state index is 0.00297. The van der Waals surface area contributed by atoms with E-state index in [2.05, 4.69) is 10.5 Å². The third kappa shape index (κ3) is 6.77. The van der Waals surface area contributed by atoms with Crippen LogP contribution in [0.5, 0.6) is 5.75 Å². The van der Waals surface area contributed by atoms with E-state index in [1.165, 1.54) is 23.9 Å². The predicted octanol–water partition coefficient (Wildman–Crippen LogP) is 3.55. The van der Waals surface area contributed by atoms with Crippen molar-refractivity contribution in [3.05, 3.63) is 63.1 Å². The number of methoxy groups -OCH3 is 1. The minimum Gasteiger partial charge on any atom is -0.482 e. The Labute approximate surface area is 241 Å². The second kappa shape index (κ2) is 13.1. The van der Waals surface area contributed by atoms with Crippen molar-refractivity contribution in [2.24, 2.45) is 11.1 Å². The van der Waals surface area contributed by atoms with E-state index in [0.29, 0.717) is 31.2 Å². The lowest BCUT2D eigenvalue weighted by molar-refractivity contribution is -0.135. The smallest absolute Gasteiger partial charge is 0.311 e. The molecule has 2 bridgehead atoms. The summed E-state index contributed by atoms with van der Waals surface area (Å²) < 4.78 is 39.8. The molecule has 0 saturated carbocycles. The van der Waals surface area contributed by atoms with Gasteiger partial charge in [0.15, 0.2) is 5.69 Å². The second-order valence-corrected chi connectivity index (χ2v) is 10.8. The van der Waals surface area contributed by atoms with E-state index in [0.717, 1.165) is 6.07 Å². The molecule has 2 amide bonds. The molecule has 2 aliphatic heterocycles. The van der Waals surface area contributed by atoms with Crippen molar-refractivity contribution in [1.29, 1.82) is 0 Å². The van der Waals surface area contributed by atoms with Crippen LogP contribution < -0.4 is 15.5 Å². The number of carbonyl (C=O) groups excluding carboxylic acids is 3. The van der Waals surface area contributed by atoms with E-state index in [-0.39, 0.29) is 49.3 Å². The van der Waals surface area contributed by atoms with Crippen molar-refractivity contribution in [1.82, 2.24) is 14.8 Å². The average molecular weight is 589 g/mol. The number of amides is 2. The molecule has 0 saturated heterocycles. The molecule has 2 atom stereocenters. The maximum absolute atomic E-state index is 14.2. The van der Waals surface area contributed by atoms with Gasteiger partial charge in [0.2, 0.25) is 17.1 Å². The number of pyridine rings is 1. The quantitative estimate of drug-likeness (QED) is 0.511. The summed E-state index contributed by atoms with van der Waals surface area (Å²) in [6, 6.07) is 2.15. The van der Waals surface area contributed by atoms with E-state index in [1.54, 1.807) is 18.7 Å². The molecule has 0 radical (unpaired) electrons. The summed E-state index contributed by atoms with van der Waals surface area (Å²) >= 11 is 0. The molecular formula is C29H34F2N4O7. The van der Waals surface area contributed by atoms with Crippen molar-refractivity contribution < 1.29 is 37.5 Å². The molecule has 3 heterocycles. The summed E-state index contributed by atoms with van der Waals surface area (Å²) in [6.07, 6.45) is 2.37. The Hall–Kier alpha value is -4.29. The average Bonchev–Trinajstić information content (AvgIpc) is 2.96. The van der Waals surface area contributed by atoms with Crippen LogP contribution in [0.15, 0.2) is 34.3 Å². The van der Waals surface area contributed by atoms with Crippen LogP contribution in [-0.2, 0) is 20.9 Å². The number of benzene rings is 1. The van der Waals surface area contributed by atoms with Crippen LogP contribution in [0, 0.1) is 17.6 Å². The van der Waals surface area contributed by atoms with Crippen LogP contribution in [0.4, 0.5) is 8.78 Å². The molecule has 1 aromatic carbocycles. The Morgan fingerprint density at radius 1 is 1.21 bits per heavy atom. The molecule has 2 aromatic rings. The number of esters is 1. The van der Waals surface area contributed by atoms with Gasteiger partial charge in [0, 0.05) is 56.2 Å². The van der Waals surface area contributed by atoms with Crippen molar-refractivity contribution in [2.75, 3.05) is 20.3 Å². The van der Waals surface area contributed by atoms with Crippen molar-refractivity contribution in [2.45, 2.75) is 65.1 Å². The number of fused-ring (bicyclic) bond motifs is 4. The maximum atomic E-state index is 14.2. The van der Waals surface area contributed by atoms with Gasteiger partial charge < -0.3 is 29.1 Å². The first-order valence-electron chi connectivity index (χ1n) is 13.8. The highest BCUT2D eigenvalue weighted by Crippen LogP contribution is 2.32. The number of halogens is 2. The molecule has 1 aromatic heterocycles. The molecule has 11 nitrogen and oxygen atoms in total. The van der Waals surface area contributed by atoms with Gasteiger partial charge in [0.25, 0.3) is 11.8 Å². The second-order valence-electron chi connectivity index (χ2n) is 10.8. The molecule has 13 heteroatoms. The van der Waals surface area contributed by atoms with Crippen molar-refractivity contribution >= 4 is 23.7 Å². The number of aromatic nitrogens is 1. The molecule has 226 valence electrons. The summed E-state index contributed by atoms with van der Waals surface area (Å²) in [4.78, 5) is 60.6. The SMILES string of the molecule is CO/C1=N/OCC[C@H](C)N2C[C@H](CC1)n1cc(C(=O)NCc3ccc(F)cc3F)c(=O)c(OC(=O)CC(C)C)c1C2=O. The number of nitrogens with zero attached hydrogens (tertiary/aromatic N) is 3. The molecule has 4 rings (SSSR count). The number of nitrogens with one attached hydrogen (secondary N) is 1. The highest BCUT2D eigenvalue weighted by molar-refractivity contribution is 6.00. The fourth-order valence-electron chi connectivity index (χ4n) is 4.90. The Morgan fingerprint density at radius 2 is 1.98 bits per heavy atom. The van der Waals surface area contributed by atoms with Gasteiger partial charge in [-0.05, 0) is 25.3 Å². The van der Waals surface area contributed by atoms with Crippen LogP contribution in [0.2, 0.25) is 0 Å². The monoisotopic (exact) mass is 588 g/mol. The highest BCUT2D eigenvalue weighted by atomic mass is 19.1. The van der Waals surface area contributed by atoms with Crippen molar-refractivity contribution in [3.63, 3.8) is 0 Å². The van der Waals surface area contributed by atoms with Crippen LogP contribution in [0.3, 0.4) is 0 Å². The molecule has 0 unspecified atom stereocenters. The standard InChI is InChI=1S/C29H34F2N4O7/c1-16(2)11-24(36)42-27-25-29(39)34-14-20(7-8-23(40-4)33-41-10-9-17(34)3)35(25)15-21(26(27)37)28(38)32-13-18-5-6-19(30)12-22(18)31/h5-6,12,15-17,20H,7-11,13-14H2,1-4H3,(H,32,38)/b33-23+/t17-,20-/m0/s1. The summed E-state index contributed by atoms with van der Waals surface area (Å²) in [6.45, 7) is 5.56. The van der Waals surface area contributed by atoms with Gasteiger partial charge in [-0.3, -0.25) is 19.2 Å². The van der Waals surface area contributed by atoms with E-state index < -0.39 is 52.2 Å². The highest BCUT2D eigenvalue weighted by Gasteiger charge is 2.39. The lowest BCUT2D eigenvalue weighted by Gasteiger charge is -2.39. The minimum atomic E-state index is -0.955. The zero-order valence-corrected chi connectivity index (χ0v) is 23.9. The molecule has 1 N–H and O–H groups in total. The van der Waals surface area contributed by atoms with Crippen molar-refractivity contribution in [3.8, 4) is 5.75 Å². The number of hydrogen-bond donors (Lipinski definition) is 1. The number of carbonyl (C=O) groups is 3. The van der Waals surface area contributed by atoms with Gasteiger partial charge in [-0.25, -0.2) is 8.78 Å². The fraction of sp³-hybridized carbons (Fsp3) is 0.483. The first-order valence-corrected chi connectivity index (χ1v) is 13.8. The van der Waals surface area contributed by atoms with Gasteiger partial charge >= 0.3 is 5.97 Å². The molecular weight excluding hydrogens is 554 g/mol. The fourth-order valence-corrected chi connectivity index (χ4v) is 4.90. The first-order chi connectivity index (χ1) is 20.0. The Morgan fingerprint density at radius 3 is 2.67 bits per heavy atom. The molecule has 0 fully saturated rings. The number of rotatable bonds is 6.